The van der Waals surface area contributed by atoms with E-state index < -0.39 is 0 Å². The minimum Gasteiger partial charge on any atom is -0.379 e. The molecule has 1 aliphatic heterocycles. The van der Waals surface area contributed by atoms with Gasteiger partial charge in [0.25, 0.3) is 0 Å². The molecule has 1 fully saturated rings. The normalized spacial score (nSPS) is 19.8. The molecule has 0 amide bonds. The van der Waals surface area contributed by atoms with Crippen molar-refractivity contribution in [2.45, 2.75) is 11.8 Å². The van der Waals surface area contributed by atoms with E-state index in [4.69, 9.17) is 4.74 Å². The van der Waals surface area contributed by atoms with Crippen molar-refractivity contribution in [3.63, 3.8) is 0 Å². The van der Waals surface area contributed by atoms with Gasteiger partial charge < -0.3 is 10.1 Å². The molecule has 0 saturated carbocycles. The number of hydrogen-bond donors (Lipinski definition) is 1. The van der Waals surface area contributed by atoms with Gasteiger partial charge in [-0.15, -0.1) is 11.3 Å². The van der Waals surface area contributed by atoms with Gasteiger partial charge in [0.05, 0.1) is 18.6 Å². The summed E-state index contributed by atoms with van der Waals surface area (Å²) in [5.74, 6) is 0. The molecule has 1 aromatic heterocycles. The monoisotopic (exact) mass is 197 g/mol. The predicted molar refractivity (Wildman–Crippen MR) is 55.4 cm³/mol. The topological polar surface area (TPSA) is 21.3 Å². The summed E-state index contributed by atoms with van der Waals surface area (Å²) >= 11 is 1.85. The van der Waals surface area contributed by atoms with Crippen molar-refractivity contribution in [2.24, 2.45) is 0 Å². The van der Waals surface area contributed by atoms with Crippen LogP contribution in [0.15, 0.2) is 17.5 Å². The van der Waals surface area contributed by atoms with Gasteiger partial charge in [-0.3, -0.25) is 0 Å². The SMILES string of the molecule is CNCCC1(c2cccs2)COC1. The highest BCUT2D eigenvalue weighted by Crippen LogP contribution is 2.37. The number of thiophene rings is 1. The molecule has 13 heavy (non-hydrogen) atoms. The molecule has 3 heteroatoms. The van der Waals surface area contributed by atoms with Gasteiger partial charge in [0.2, 0.25) is 0 Å². The highest BCUT2D eigenvalue weighted by atomic mass is 32.1. The summed E-state index contributed by atoms with van der Waals surface area (Å²) in [4.78, 5) is 1.48. The van der Waals surface area contributed by atoms with Crippen LogP contribution in [0.3, 0.4) is 0 Å². The molecule has 0 aliphatic carbocycles. The summed E-state index contributed by atoms with van der Waals surface area (Å²) in [6.07, 6.45) is 1.18. The van der Waals surface area contributed by atoms with Gasteiger partial charge in [0, 0.05) is 4.88 Å². The lowest BCUT2D eigenvalue weighted by Gasteiger charge is -2.41. The van der Waals surface area contributed by atoms with Gasteiger partial charge >= 0.3 is 0 Å². The number of hydrogen-bond acceptors (Lipinski definition) is 3. The second-order valence-electron chi connectivity index (χ2n) is 3.60. The van der Waals surface area contributed by atoms with Crippen LogP contribution in [0.1, 0.15) is 11.3 Å². The smallest absolute Gasteiger partial charge is 0.0594 e. The van der Waals surface area contributed by atoms with Gasteiger partial charge in [0.1, 0.15) is 0 Å². The highest BCUT2D eigenvalue weighted by molar-refractivity contribution is 7.10. The zero-order valence-corrected chi connectivity index (χ0v) is 8.69. The van der Waals surface area contributed by atoms with Crippen LogP contribution < -0.4 is 5.32 Å². The first-order valence-electron chi connectivity index (χ1n) is 4.64. The van der Waals surface area contributed by atoms with E-state index in [9.17, 15) is 0 Å². The van der Waals surface area contributed by atoms with Gasteiger partial charge in [-0.05, 0) is 31.5 Å². The molecule has 0 bridgehead atoms. The Kier molecular flexibility index (Phi) is 2.67. The number of rotatable bonds is 4. The van der Waals surface area contributed by atoms with Crippen molar-refractivity contribution < 1.29 is 4.74 Å². The lowest BCUT2D eigenvalue weighted by atomic mass is 9.81. The third-order valence-electron chi connectivity index (χ3n) is 2.65. The molecule has 2 rings (SSSR count). The molecule has 0 atom stereocenters. The Bertz CT molecular complexity index is 254. The summed E-state index contributed by atoms with van der Waals surface area (Å²) in [7, 11) is 2.00. The Morgan fingerprint density at radius 3 is 2.92 bits per heavy atom. The van der Waals surface area contributed by atoms with Crippen molar-refractivity contribution in [1.29, 1.82) is 0 Å². The minimum atomic E-state index is 0.331. The highest BCUT2D eigenvalue weighted by Gasteiger charge is 2.40. The summed E-state index contributed by atoms with van der Waals surface area (Å²) in [6, 6.07) is 4.35. The standard InChI is InChI=1S/C10H15NOS/c1-11-5-4-10(7-12-8-10)9-3-2-6-13-9/h2-3,6,11H,4-5,7-8H2,1H3. The van der Waals surface area contributed by atoms with E-state index in [0.717, 1.165) is 19.8 Å². The molecule has 1 saturated heterocycles. The molecule has 72 valence electrons. The average molecular weight is 197 g/mol. The maximum Gasteiger partial charge on any atom is 0.0594 e. The zero-order valence-electron chi connectivity index (χ0n) is 7.88. The molecule has 1 aliphatic rings. The van der Waals surface area contributed by atoms with Gasteiger partial charge in [-0.2, -0.15) is 0 Å². The third kappa shape index (κ3) is 1.64. The molecule has 1 aromatic rings. The molecule has 0 aromatic carbocycles. The van der Waals surface area contributed by atoms with Crippen molar-refractivity contribution >= 4 is 11.3 Å². The minimum absolute atomic E-state index is 0.331. The molecule has 0 radical (unpaired) electrons. The van der Waals surface area contributed by atoms with E-state index in [1.54, 1.807) is 0 Å². The van der Waals surface area contributed by atoms with Gasteiger partial charge in [-0.25, -0.2) is 0 Å². The molecule has 0 spiro atoms. The average Bonchev–Trinajstić information content (AvgIpc) is 2.56. The van der Waals surface area contributed by atoms with Crippen molar-refractivity contribution in [3.8, 4) is 0 Å². The Balaban J connectivity index is 2.07. The lowest BCUT2D eigenvalue weighted by molar-refractivity contribution is -0.0619. The Morgan fingerprint density at radius 2 is 2.46 bits per heavy atom. The molecule has 2 nitrogen and oxygen atoms in total. The number of nitrogens with one attached hydrogen (secondary N) is 1. The van der Waals surface area contributed by atoms with Crippen LogP contribution in [0.25, 0.3) is 0 Å². The molecule has 0 unspecified atom stereocenters. The van der Waals surface area contributed by atoms with E-state index in [1.807, 2.05) is 18.4 Å². The van der Waals surface area contributed by atoms with Crippen LogP contribution in [0.4, 0.5) is 0 Å². The van der Waals surface area contributed by atoms with Gasteiger partial charge in [0.15, 0.2) is 0 Å². The predicted octanol–water partition coefficient (Wildman–Crippen LogP) is 1.63. The largest absolute Gasteiger partial charge is 0.379 e. The van der Waals surface area contributed by atoms with Crippen LogP contribution in [-0.2, 0) is 10.2 Å². The lowest BCUT2D eigenvalue weighted by Crippen LogP contribution is -2.47. The van der Waals surface area contributed by atoms with Crippen LogP contribution >= 0.6 is 11.3 Å². The van der Waals surface area contributed by atoms with E-state index in [2.05, 4.69) is 22.8 Å². The second kappa shape index (κ2) is 3.78. The van der Waals surface area contributed by atoms with Crippen LogP contribution in [0, 0.1) is 0 Å². The Morgan fingerprint density at radius 1 is 1.62 bits per heavy atom. The summed E-state index contributed by atoms with van der Waals surface area (Å²) in [5.41, 5.74) is 0.331. The van der Waals surface area contributed by atoms with Crippen LogP contribution in [0.2, 0.25) is 0 Å². The van der Waals surface area contributed by atoms with Crippen LogP contribution in [0.5, 0.6) is 0 Å². The summed E-state index contributed by atoms with van der Waals surface area (Å²) in [6.45, 7) is 2.87. The maximum atomic E-state index is 5.34. The second-order valence-corrected chi connectivity index (χ2v) is 4.55. The fourth-order valence-electron chi connectivity index (χ4n) is 1.70. The summed E-state index contributed by atoms with van der Waals surface area (Å²) < 4.78 is 5.34. The van der Waals surface area contributed by atoms with E-state index in [1.165, 1.54) is 11.3 Å². The van der Waals surface area contributed by atoms with E-state index in [0.29, 0.717) is 5.41 Å². The fourth-order valence-corrected chi connectivity index (χ4v) is 2.63. The van der Waals surface area contributed by atoms with Crippen molar-refractivity contribution in [2.75, 3.05) is 26.8 Å². The Labute approximate surface area is 82.9 Å². The van der Waals surface area contributed by atoms with Crippen molar-refractivity contribution in [1.82, 2.24) is 5.32 Å². The van der Waals surface area contributed by atoms with E-state index >= 15 is 0 Å². The first-order chi connectivity index (χ1) is 6.37. The van der Waals surface area contributed by atoms with Crippen molar-refractivity contribution in [3.05, 3.63) is 22.4 Å². The molecule has 2 heterocycles. The number of ether oxygens (including phenoxy) is 1. The fraction of sp³-hybridized carbons (Fsp3) is 0.600. The van der Waals surface area contributed by atoms with Gasteiger partial charge in [-0.1, -0.05) is 6.07 Å². The third-order valence-corrected chi connectivity index (χ3v) is 3.77. The Hall–Kier alpha value is -0.380. The first kappa shape index (κ1) is 9.19. The maximum absolute atomic E-state index is 5.34. The van der Waals surface area contributed by atoms with E-state index in [-0.39, 0.29) is 0 Å². The molecular formula is C10H15NOS. The van der Waals surface area contributed by atoms with Crippen LogP contribution in [-0.4, -0.2) is 26.8 Å². The molecule has 1 N–H and O–H groups in total. The molecular weight excluding hydrogens is 182 g/mol. The summed E-state index contributed by atoms with van der Waals surface area (Å²) in [5, 5.41) is 5.35. The quantitative estimate of drug-likeness (QED) is 0.792. The first-order valence-corrected chi connectivity index (χ1v) is 5.52. The zero-order chi connectivity index (χ0) is 9.15.